The normalized spacial score (nSPS) is 10.9. The van der Waals surface area contributed by atoms with Crippen molar-refractivity contribution in [1.82, 2.24) is 19.9 Å². The van der Waals surface area contributed by atoms with E-state index < -0.39 is 5.97 Å². The predicted octanol–water partition coefficient (Wildman–Crippen LogP) is 1.56. The van der Waals surface area contributed by atoms with E-state index >= 15 is 0 Å². The van der Waals surface area contributed by atoms with E-state index in [-0.39, 0.29) is 6.54 Å². The van der Waals surface area contributed by atoms with Crippen LogP contribution in [0.25, 0.3) is 0 Å². The molecule has 2 aromatic rings. The van der Waals surface area contributed by atoms with E-state index in [4.69, 9.17) is 16.7 Å². The molecular formula is C13H15ClN4O2. The van der Waals surface area contributed by atoms with Gasteiger partial charge in [0.25, 0.3) is 0 Å². The molecule has 7 heteroatoms. The summed E-state index contributed by atoms with van der Waals surface area (Å²) in [4.78, 5) is 12.7. The van der Waals surface area contributed by atoms with E-state index in [1.54, 1.807) is 35.0 Å². The van der Waals surface area contributed by atoms with Gasteiger partial charge < -0.3 is 5.11 Å². The summed E-state index contributed by atoms with van der Waals surface area (Å²) in [6.45, 7) is 0.891. The summed E-state index contributed by atoms with van der Waals surface area (Å²) in [5, 5.41) is 17.5. The number of carbonyl (C=O) groups is 1. The smallest absolute Gasteiger partial charge is 0.317 e. The van der Waals surface area contributed by atoms with Crippen LogP contribution in [-0.2, 0) is 24.9 Å². The minimum atomic E-state index is -0.872. The number of aromatic nitrogens is 3. The minimum Gasteiger partial charge on any atom is -0.480 e. The zero-order chi connectivity index (χ0) is 14.5. The molecule has 0 aliphatic carbocycles. The molecule has 1 N–H and O–H groups in total. The van der Waals surface area contributed by atoms with Crippen LogP contribution in [0.5, 0.6) is 0 Å². The molecule has 0 atom stereocenters. The Balaban J connectivity index is 2.06. The maximum absolute atomic E-state index is 10.9. The summed E-state index contributed by atoms with van der Waals surface area (Å²) < 4.78 is 1.59. The predicted molar refractivity (Wildman–Crippen MR) is 74.2 cm³/mol. The largest absolute Gasteiger partial charge is 0.480 e. The fourth-order valence-corrected chi connectivity index (χ4v) is 2.03. The van der Waals surface area contributed by atoms with E-state index in [2.05, 4.69) is 10.3 Å². The maximum atomic E-state index is 10.9. The van der Waals surface area contributed by atoms with Crippen molar-refractivity contribution in [3.63, 3.8) is 0 Å². The van der Waals surface area contributed by atoms with Gasteiger partial charge in [-0.05, 0) is 17.7 Å². The molecule has 0 fully saturated rings. The zero-order valence-electron chi connectivity index (χ0n) is 11.0. The number of hydrogen-bond acceptors (Lipinski definition) is 4. The van der Waals surface area contributed by atoms with Crippen LogP contribution < -0.4 is 0 Å². The SMILES string of the molecule is Cn1cc(CN(CC(=O)O)Cc2ccc(Cl)cc2)nn1. The average molecular weight is 295 g/mol. The second-order valence-corrected chi connectivity index (χ2v) is 4.99. The van der Waals surface area contributed by atoms with Crippen molar-refractivity contribution in [2.75, 3.05) is 6.54 Å². The standard InChI is InChI=1S/C13H15ClN4O2/c1-17-7-12(15-16-17)8-18(9-13(19)20)6-10-2-4-11(14)5-3-10/h2-5,7H,6,8-9H2,1H3,(H,19,20). The van der Waals surface area contributed by atoms with Crippen LogP contribution in [0, 0.1) is 0 Å². The Labute approximate surface area is 121 Å². The van der Waals surface area contributed by atoms with Crippen LogP contribution in [0.4, 0.5) is 0 Å². The Kier molecular flexibility index (Phi) is 4.70. The van der Waals surface area contributed by atoms with E-state index in [1.165, 1.54) is 0 Å². The van der Waals surface area contributed by atoms with Crippen LogP contribution in [-0.4, -0.2) is 37.5 Å². The van der Waals surface area contributed by atoms with Crippen LogP contribution in [0.3, 0.4) is 0 Å². The van der Waals surface area contributed by atoms with Crippen molar-refractivity contribution in [3.05, 3.63) is 46.7 Å². The third kappa shape index (κ3) is 4.32. The lowest BCUT2D eigenvalue weighted by molar-refractivity contribution is -0.138. The number of hydrogen-bond donors (Lipinski definition) is 1. The number of carboxylic acid groups (broad SMARTS) is 1. The van der Waals surface area contributed by atoms with Gasteiger partial charge in [0.15, 0.2) is 0 Å². The molecule has 0 aliphatic rings. The van der Waals surface area contributed by atoms with Crippen molar-refractivity contribution in [2.24, 2.45) is 7.05 Å². The van der Waals surface area contributed by atoms with Crippen molar-refractivity contribution in [1.29, 1.82) is 0 Å². The second-order valence-electron chi connectivity index (χ2n) is 4.55. The second kappa shape index (κ2) is 6.49. The lowest BCUT2D eigenvalue weighted by Crippen LogP contribution is -2.29. The molecule has 1 heterocycles. The minimum absolute atomic E-state index is 0.0563. The summed E-state index contributed by atoms with van der Waals surface area (Å²) in [6.07, 6.45) is 1.77. The molecule has 0 aliphatic heterocycles. The molecule has 0 amide bonds. The van der Waals surface area contributed by atoms with Crippen molar-refractivity contribution in [2.45, 2.75) is 13.1 Å². The highest BCUT2D eigenvalue weighted by Gasteiger charge is 2.13. The van der Waals surface area contributed by atoms with Gasteiger partial charge in [-0.2, -0.15) is 0 Å². The fourth-order valence-electron chi connectivity index (χ4n) is 1.90. The van der Waals surface area contributed by atoms with Crippen molar-refractivity contribution >= 4 is 17.6 Å². The summed E-state index contributed by atoms with van der Waals surface area (Å²) >= 11 is 5.84. The topological polar surface area (TPSA) is 71.2 Å². The van der Waals surface area contributed by atoms with E-state index in [9.17, 15) is 4.79 Å². The Morgan fingerprint density at radius 2 is 2.05 bits per heavy atom. The van der Waals surface area contributed by atoms with Gasteiger partial charge in [0.2, 0.25) is 0 Å². The first-order valence-electron chi connectivity index (χ1n) is 6.07. The first-order valence-corrected chi connectivity index (χ1v) is 6.44. The Morgan fingerprint density at radius 1 is 1.35 bits per heavy atom. The van der Waals surface area contributed by atoms with Crippen LogP contribution in [0.1, 0.15) is 11.3 Å². The molecule has 0 saturated heterocycles. The van der Waals surface area contributed by atoms with Gasteiger partial charge in [0.1, 0.15) is 0 Å². The molecule has 0 spiro atoms. The number of aryl methyl sites for hydroxylation is 1. The van der Waals surface area contributed by atoms with Gasteiger partial charge in [-0.25, -0.2) is 0 Å². The monoisotopic (exact) mass is 294 g/mol. The molecule has 1 aromatic heterocycles. The highest BCUT2D eigenvalue weighted by Crippen LogP contribution is 2.12. The van der Waals surface area contributed by atoms with Gasteiger partial charge in [0.05, 0.1) is 12.2 Å². The highest BCUT2D eigenvalue weighted by molar-refractivity contribution is 6.30. The number of nitrogens with zero attached hydrogens (tertiary/aromatic N) is 4. The molecule has 2 rings (SSSR count). The summed E-state index contributed by atoms with van der Waals surface area (Å²) in [7, 11) is 1.78. The Hall–Kier alpha value is -1.92. The molecule has 1 aromatic carbocycles. The Morgan fingerprint density at radius 3 is 2.60 bits per heavy atom. The molecule has 20 heavy (non-hydrogen) atoms. The fraction of sp³-hybridized carbons (Fsp3) is 0.308. The first-order chi connectivity index (χ1) is 9.52. The van der Waals surface area contributed by atoms with Crippen molar-refractivity contribution < 1.29 is 9.90 Å². The lowest BCUT2D eigenvalue weighted by atomic mass is 10.2. The number of halogens is 1. The third-order valence-electron chi connectivity index (χ3n) is 2.71. The molecule has 0 saturated carbocycles. The van der Waals surface area contributed by atoms with Crippen molar-refractivity contribution in [3.8, 4) is 0 Å². The van der Waals surface area contributed by atoms with Crippen LogP contribution in [0.15, 0.2) is 30.5 Å². The maximum Gasteiger partial charge on any atom is 0.317 e. The quantitative estimate of drug-likeness (QED) is 0.875. The molecular weight excluding hydrogens is 280 g/mol. The number of benzene rings is 1. The zero-order valence-corrected chi connectivity index (χ0v) is 11.8. The number of aliphatic carboxylic acids is 1. The van der Waals surface area contributed by atoms with E-state index in [0.29, 0.717) is 18.1 Å². The summed E-state index contributed by atoms with van der Waals surface area (Å²) in [6, 6.07) is 7.35. The molecule has 6 nitrogen and oxygen atoms in total. The number of carboxylic acids is 1. The van der Waals surface area contributed by atoms with Gasteiger partial charge >= 0.3 is 5.97 Å². The third-order valence-corrected chi connectivity index (χ3v) is 2.97. The Bertz CT molecular complexity index is 582. The van der Waals surface area contributed by atoms with Gasteiger partial charge in [-0.3, -0.25) is 14.4 Å². The molecule has 106 valence electrons. The molecule has 0 radical (unpaired) electrons. The highest BCUT2D eigenvalue weighted by atomic mass is 35.5. The van der Waals surface area contributed by atoms with E-state index in [1.807, 2.05) is 12.1 Å². The average Bonchev–Trinajstić information content (AvgIpc) is 2.77. The summed E-state index contributed by atoms with van der Waals surface area (Å²) in [5.74, 6) is -0.872. The molecule has 0 unspecified atom stereocenters. The van der Waals surface area contributed by atoms with E-state index in [0.717, 1.165) is 11.3 Å². The van der Waals surface area contributed by atoms with Gasteiger partial charge in [-0.1, -0.05) is 28.9 Å². The number of rotatable bonds is 6. The lowest BCUT2D eigenvalue weighted by Gasteiger charge is -2.19. The molecule has 0 bridgehead atoms. The van der Waals surface area contributed by atoms with Gasteiger partial charge in [-0.15, -0.1) is 5.10 Å². The van der Waals surface area contributed by atoms with Gasteiger partial charge in [0, 0.05) is 31.4 Å². The van der Waals surface area contributed by atoms with Crippen LogP contribution >= 0.6 is 11.6 Å². The summed E-state index contributed by atoms with van der Waals surface area (Å²) in [5.41, 5.74) is 1.74. The van der Waals surface area contributed by atoms with Crippen LogP contribution in [0.2, 0.25) is 5.02 Å². The first kappa shape index (κ1) is 14.5.